The Bertz CT molecular complexity index is 282. The average Bonchev–Trinajstić information content (AvgIpc) is 3.10. The Morgan fingerprint density at radius 3 is 2.12 bits per heavy atom. The smallest absolute Gasteiger partial charge is 0.241 e. The Hall–Kier alpha value is -0.570. The van der Waals surface area contributed by atoms with Crippen molar-refractivity contribution in [2.75, 3.05) is 6.67 Å². The Morgan fingerprint density at radius 1 is 1.19 bits per heavy atom. The summed E-state index contributed by atoms with van der Waals surface area (Å²) >= 11 is 0. The molecule has 0 radical (unpaired) electrons. The molecule has 1 amide bonds. The minimum absolute atomic E-state index is 0.0694. The van der Waals surface area contributed by atoms with Gasteiger partial charge in [-0.15, -0.1) is 0 Å². The van der Waals surface area contributed by atoms with Crippen molar-refractivity contribution in [3.8, 4) is 0 Å². The number of hydrogen-bond donors (Lipinski definition) is 1. The van der Waals surface area contributed by atoms with E-state index in [0.29, 0.717) is 17.9 Å². The second kappa shape index (κ2) is 3.73. The van der Waals surface area contributed by atoms with E-state index in [1.165, 1.54) is 25.7 Å². The van der Waals surface area contributed by atoms with Crippen LogP contribution in [0.4, 0.5) is 0 Å². The van der Waals surface area contributed by atoms with E-state index >= 15 is 0 Å². The van der Waals surface area contributed by atoms with Crippen molar-refractivity contribution in [2.24, 2.45) is 17.8 Å². The Labute approximate surface area is 97.6 Å². The molecule has 2 saturated carbocycles. The fraction of sp³-hybridized carbons (Fsp3) is 0.923. The van der Waals surface area contributed by atoms with E-state index in [2.05, 4.69) is 24.1 Å². The van der Waals surface area contributed by atoms with Gasteiger partial charge in [0.05, 0.1) is 12.7 Å². The molecule has 0 bridgehead atoms. The summed E-state index contributed by atoms with van der Waals surface area (Å²) in [5.74, 6) is 2.42. The highest BCUT2D eigenvalue weighted by Crippen LogP contribution is 2.47. The second-order valence-electron chi connectivity index (χ2n) is 6.06. The lowest BCUT2D eigenvalue weighted by Gasteiger charge is -2.27. The van der Waals surface area contributed by atoms with Crippen molar-refractivity contribution in [3.63, 3.8) is 0 Å². The van der Waals surface area contributed by atoms with Crippen molar-refractivity contribution in [1.29, 1.82) is 0 Å². The largest absolute Gasteiger partial charge is 0.325 e. The van der Waals surface area contributed by atoms with E-state index < -0.39 is 0 Å². The highest BCUT2D eigenvalue weighted by Gasteiger charge is 2.49. The third kappa shape index (κ3) is 1.75. The zero-order chi connectivity index (χ0) is 11.3. The van der Waals surface area contributed by atoms with Gasteiger partial charge >= 0.3 is 0 Å². The van der Waals surface area contributed by atoms with Gasteiger partial charge in [0.1, 0.15) is 0 Å². The summed E-state index contributed by atoms with van der Waals surface area (Å²) in [5.41, 5.74) is 0. The van der Waals surface area contributed by atoms with Crippen LogP contribution in [-0.2, 0) is 4.79 Å². The molecule has 3 rings (SSSR count). The van der Waals surface area contributed by atoms with E-state index in [-0.39, 0.29) is 6.04 Å². The summed E-state index contributed by atoms with van der Waals surface area (Å²) in [4.78, 5) is 14.5. The van der Waals surface area contributed by atoms with Crippen LogP contribution in [0.15, 0.2) is 0 Å². The van der Waals surface area contributed by atoms with Crippen LogP contribution in [0.2, 0.25) is 0 Å². The first-order valence-corrected chi connectivity index (χ1v) is 6.72. The topological polar surface area (TPSA) is 32.3 Å². The van der Waals surface area contributed by atoms with Gasteiger partial charge in [0, 0.05) is 6.04 Å². The standard InChI is InChI=1S/C13H22N2O/c1-8(2)11-13(16)15(7-14-11)12(9-3-4-9)10-5-6-10/h8-12,14H,3-7H2,1-2H3. The van der Waals surface area contributed by atoms with Crippen LogP contribution in [0.25, 0.3) is 0 Å². The number of carbonyl (C=O) groups excluding carboxylic acids is 1. The predicted molar refractivity (Wildman–Crippen MR) is 62.7 cm³/mol. The van der Waals surface area contributed by atoms with Crippen LogP contribution in [0.1, 0.15) is 39.5 Å². The lowest BCUT2D eigenvalue weighted by Crippen LogP contribution is -2.42. The van der Waals surface area contributed by atoms with Gasteiger partial charge in [-0.25, -0.2) is 0 Å². The molecule has 1 N–H and O–H groups in total. The summed E-state index contributed by atoms with van der Waals surface area (Å²) in [6.45, 7) is 5.05. The fourth-order valence-electron chi connectivity index (χ4n) is 3.08. The Balaban J connectivity index is 1.72. The molecule has 2 aliphatic carbocycles. The number of carbonyl (C=O) groups is 1. The molecule has 1 atom stereocenters. The summed E-state index contributed by atoms with van der Waals surface area (Å²) in [6, 6.07) is 0.642. The third-order valence-electron chi connectivity index (χ3n) is 4.27. The minimum Gasteiger partial charge on any atom is -0.325 e. The molecule has 16 heavy (non-hydrogen) atoms. The van der Waals surface area contributed by atoms with E-state index in [9.17, 15) is 4.79 Å². The maximum Gasteiger partial charge on any atom is 0.241 e. The van der Waals surface area contributed by atoms with Crippen LogP contribution in [0.5, 0.6) is 0 Å². The first-order chi connectivity index (χ1) is 7.68. The second-order valence-corrected chi connectivity index (χ2v) is 6.06. The normalized spacial score (nSPS) is 30.9. The molecule has 0 aromatic rings. The zero-order valence-electron chi connectivity index (χ0n) is 10.3. The predicted octanol–water partition coefficient (Wildman–Crippen LogP) is 1.59. The van der Waals surface area contributed by atoms with Crippen LogP contribution in [0.3, 0.4) is 0 Å². The van der Waals surface area contributed by atoms with Crippen molar-refractivity contribution in [2.45, 2.75) is 51.6 Å². The van der Waals surface area contributed by atoms with Gasteiger partial charge in [-0.3, -0.25) is 10.1 Å². The van der Waals surface area contributed by atoms with E-state index in [1.807, 2.05) is 0 Å². The molecule has 1 unspecified atom stereocenters. The molecule has 1 heterocycles. The van der Waals surface area contributed by atoms with Crippen molar-refractivity contribution >= 4 is 5.91 Å². The van der Waals surface area contributed by atoms with Gasteiger partial charge in [0.25, 0.3) is 0 Å². The van der Waals surface area contributed by atoms with Gasteiger partial charge < -0.3 is 4.90 Å². The fourth-order valence-corrected chi connectivity index (χ4v) is 3.08. The maximum atomic E-state index is 12.3. The van der Waals surface area contributed by atoms with Crippen LogP contribution in [0, 0.1) is 17.8 Å². The molecule has 1 aliphatic heterocycles. The molecule has 0 aromatic heterocycles. The van der Waals surface area contributed by atoms with Gasteiger partial charge in [-0.1, -0.05) is 13.8 Å². The van der Waals surface area contributed by atoms with E-state index in [0.717, 1.165) is 18.5 Å². The number of rotatable bonds is 4. The van der Waals surface area contributed by atoms with Crippen molar-refractivity contribution < 1.29 is 4.79 Å². The third-order valence-corrected chi connectivity index (χ3v) is 4.27. The SMILES string of the molecule is CC(C)C1NCN(C(C2CC2)C2CC2)C1=O. The molecule has 3 aliphatic rings. The lowest BCUT2D eigenvalue weighted by molar-refractivity contribution is -0.132. The highest BCUT2D eigenvalue weighted by atomic mass is 16.2. The van der Waals surface area contributed by atoms with Gasteiger partial charge in [0.15, 0.2) is 0 Å². The van der Waals surface area contributed by atoms with Crippen LogP contribution in [-0.4, -0.2) is 29.6 Å². The summed E-state index contributed by atoms with van der Waals surface area (Å²) in [5, 5.41) is 3.38. The summed E-state index contributed by atoms with van der Waals surface area (Å²) in [6.07, 6.45) is 5.38. The zero-order valence-corrected chi connectivity index (χ0v) is 10.3. The molecule has 3 nitrogen and oxygen atoms in total. The summed E-state index contributed by atoms with van der Waals surface area (Å²) < 4.78 is 0. The van der Waals surface area contributed by atoms with E-state index in [1.54, 1.807) is 0 Å². The van der Waals surface area contributed by atoms with Crippen LogP contribution < -0.4 is 5.32 Å². The molecule has 3 heteroatoms. The molecular weight excluding hydrogens is 200 g/mol. The molecule has 90 valence electrons. The summed E-state index contributed by atoms with van der Waals surface area (Å²) in [7, 11) is 0. The first-order valence-electron chi connectivity index (χ1n) is 6.72. The van der Waals surface area contributed by atoms with Gasteiger partial charge in [-0.05, 0) is 43.4 Å². The van der Waals surface area contributed by atoms with Crippen molar-refractivity contribution in [1.82, 2.24) is 10.2 Å². The average molecular weight is 222 g/mol. The van der Waals surface area contributed by atoms with Gasteiger partial charge in [0.2, 0.25) is 5.91 Å². The molecule has 1 saturated heterocycles. The number of nitrogens with zero attached hydrogens (tertiary/aromatic N) is 1. The number of amides is 1. The maximum absolute atomic E-state index is 12.3. The Morgan fingerprint density at radius 2 is 1.75 bits per heavy atom. The number of hydrogen-bond acceptors (Lipinski definition) is 2. The molecule has 0 aromatic carbocycles. The molecular formula is C13H22N2O. The monoisotopic (exact) mass is 222 g/mol. The van der Waals surface area contributed by atoms with Gasteiger partial charge in [-0.2, -0.15) is 0 Å². The van der Waals surface area contributed by atoms with E-state index in [4.69, 9.17) is 0 Å². The molecule has 3 fully saturated rings. The lowest BCUT2D eigenvalue weighted by atomic mass is 10.0. The van der Waals surface area contributed by atoms with Crippen LogP contribution >= 0.6 is 0 Å². The quantitative estimate of drug-likeness (QED) is 0.783. The highest BCUT2D eigenvalue weighted by molar-refractivity contribution is 5.84. The van der Waals surface area contributed by atoms with Crippen molar-refractivity contribution in [3.05, 3.63) is 0 Å². The minimum atomic E-state index is 0.0694. The molecule has 0 spiro atoms. The number of nitrogens with one attached hydrogen (secondary N) is 1. The Kier molecular flexibility index (Phi) is 2.46. The first kappa shape index (κ1) is 10.6.